The van der Waals surface area contributed by atoms with Gasteiger partial charge in [0.05, 0.1) is 0 Å². The molecule has 0 nitrogen and oxygen atoms in total. The molecule has 0 amide bonds. The molecule has 2 rings (SSSR count). The standard InChI is InChI=1S/C9H10S2/c1-7-4-5-9(11-7)8-3-2-6-10-8/h2,4-6,8H,3H2,1H3. The van der Waals surface area contributed by atoms with Crippen molar-refractivity contribution in [2.45, 2.75) is 18.6 Å². The minimum atomic E-state index is 0.716. The molecule has 0 saturated heterocycles. The third-order valence-electron chi connectivity index (χ3n) is 1.77. The van der Waals surface area contributed by atoms with Crippen LogP contribution in [0.1, 0.15) is 21.4 Å². The van der Waals surface area contributed by atoms with Crippen LogP contribution in [0.15, 0.2) is 23.6 Å². The predicted molar refractivity (Wildman–Crippen MR) is 53.1 cm³/mol. The maximum atomic E-state index is 2.25. The van der Waals surface area contributed by atoms with E-state index in [1.54, 1.807) is 0 Å². The molecular formula is C9H10S2. The molecule has 58 valence electrons. The van der Waals surface area contributed by atoms with E-state index < -0.39 is 0 Å². The van der Waals surface area contributed by atoms with Gasteiger partial charge < -0.3 is 0 Å². The lowest BCUT2D eigenvalue weighted by Crippen LogP contribution is -1.81. The predicted octanol–water partition coefficient (Wildman–Crippen LogP) is 3.75. The van der Waals surface area contributed by atoms with Crippen molar-refractivity contribution in [1.29, 1.82) is 0 Å². The van der Waals surface area contributed by atoms with Crippen LogP contribution < -0.4 is 0 Å². The molecule has 2 heterocycles. The minimum Gasteiger partial charge on any atom is -0.145 e. The zero-order valence-electron chi connectivity index (χ0n) is 6.41. The number of thioether (sulfide) groups is 1. The van der Waals surface area contributed by atoms with Gasteiger partial charge in [-0.1, -0.05) is 6.08 Å². The topological polar surface area (TPSA) is 0 Å². The summed E-state index contributed by atoms with van der Waals surface area (Å²) in [4.78, 5) is 2.95. The van der Waals surface area contributed by atoms with Crippen molar-refractivity contribution in [2.75, 3.05) is 0 Å². The summed E-state index contributed by atoms with van der Waals surface area (Å²) in [5.41, 5.74) is 0. The molecule has 1 unspecified atom stereocenters. The van der Waals surface area contributed by atoms with Gasteiger partial charge in [0, 0.05) is 15.0 Å². The fraction of sp³-hybridized carbons (Fsp3) is 0.333. The van der Waals surface area contributed by atoms with Crippen LogP contribution in [0, 0.1) is 6.92 Å². The van der Waals surface area contributed by atoms with Crippen LogP contribution >= 0.6 is 23.1 Å². The number of hydrogen-bond donors (Lipinski definition) is 0. The van der Waals surface area contributed by atoms with Crippen molar-refractivity contribution in [1.82, 2.24) is 0 Å². The van der Waals surface area contributed by atoms with Crippen molar-refractivity contribution in [3.63, 3.8) is 0 Å². The van der Waals surface area contributed by atoms with Crippen LogP contribution in [-0.4, -0.2) is 0 Å². The number of rotatable bonds is 1. The maximum Gasteiger partial charge on any atom is 0.0467 e. The molecule has 0 radical (unpaired) electrons. The molecule has 1 aromatic rings. The van der Waals surface area contributed by atoms with Crippen molar-refractivity contribution < 1.29 is 0 Å². The minimum absolute atomic E-state index is 0.716. The molecule has 0 aromatic carbocycles. The third kappa shape index (κ3) is 1.52. The second-order valence-corrected chi connectivity index (χ2v) is 5.11. The van der Waals surface area contributed by atoms with E-state index in [0.717, 1.165) is 0 Å². The molecule has 1 aliphatic rings. The molecular weight excluding hydrogens is 172 g/mol. The number of allylic oxidation sites excluding steroid dienone is 1. The van der Waals surface area contributed by atoms with Crippen molar-refractivity contribution in [3.8, 4) is 0 Å². The Morgan fingerprint density at radius 1 is 1.45 bits per heavy atom. The average molecular weight is 182 g/mol. The van der Waals surface area contributed by atoms with E-state index in [1.165, 1.54) is 16.2 Å². The van der Waals surface area contributed by atoms with E-state index in [1.807, 2.05) is 23.1 Å². The second kappa shape index (κ2) is 3.03. The van der Waals surface area contributed by atoms with Gasteiger partial charge in [-0.15, -0.1) is 23.1 Å². The molecule has 1 aliphatic heterocycles. The number of aryl methyl sites for hydroxylation is 1. The SMILES string of the molecule is Cc1ccc(C2CC=CS2)s1. The monoisotopic (exact) mass is 182 g/mol. The highest BCUT2D eigenvalue weighted by atomic mass is 32.2. The summed E-state index contributed by atoms with van der Waals surface area (Å²) in [7, 11) is 0. The first-order valence-electron chi connectivity index (χ1n) is 3.73. The van der Waals surface area contributed by atoms with Gasteiger partial charge in [0.25, 0.3) is 0 Å². The van der Waals surface area contributed by atoms with Crippen LogP contribution in [0.2, 0.25) is 0 Å². The fourth-order valence-corrected chi connectivity index (χ4v) is 3.22. The summed E-state index contributed by atoms with van der Waals surface area (Å²) in [6.45, 7) is 2.17. The van der Waals surface area contributed by atoms with E-state index in [0.29, 0.717) is 5.25 Å². The highest BCUT2D eigenvalue weighted by molar-refractivity contribution is 8.02. The molecule has 11 heavy (non-hydrogen) atoms. The Morgan fingerprint density at radius 2 is 2.36 bits per heavy atom. The first kappa shape index (κ1) is 7.44. The van der Waals surface area contributed by atoms with Gasteiger partial charge in [0.2, 0.25) is 0 Å². The van der Waals surface area contributed by atoms with E-state index in [4.69, 9.17) is 0 Å². The first-order chi connectivity index (χ1) is 5.36. The van der Waals surface area contributed by atoms with Gasteiger partial charge >= 0.3 is 0 Å². The Morgan fingerprint density at radius 3 is 2.91 bits per heavy atom. The quantitative estimate of drug-likeness (QED) is 0.637. The highest BCUT2D eigenvalue weighted by Crippen LogP contribution is 2.40. The molecule has 2 heteroatoms. The van der Waals surface area contributed by atoms with Crippen molar-refractivity contribution in [2.24, 2.45) is 0 Å². The third-order valence-corrected chi connectivity index (χ3v) is 4.16. The second-order valence-electron chi connectivity index (χ2n) is 2.68. The first-order valence-corrected chi connectivity index (χ1v) is 5.49. The molecule has 0 fully saturated rings. The zero-order chi connectivity index (χ0) is 7.68. The van der Waals surface area contributed by atoms with Crippen LogP contribution in [-0.2, 0) is 0 Å². The normalized spacial score (nSPS) is 22.8. The summed E-state index contributed by atoms with van der Waals surface area (Å²) in [5.74, 6) is 0. The van der Waals surface area contributed by atoms with Crippen LogP contribution in [0.4, 0.5) is 0 Å². The van der Waals surface area contributed by atoms with E-state index in [9.17, 15) is 0 Å². The average Bonchev–Trinajstić information content (AvgIpc) is 2.55. The van der Waals surface area contributed by atoms with E-state index in [-0.39, 0.29) is 0 Å². The summed E-state index contributed by atoms with van der Waals surface area (Å²) < 4.78 is 0. The van der Waals surface area contributed by atoms with Gasteiger partial charge in [-0.3, -0.25) is 0 Å². The largest absolute Gasteiger partial charge is 0.145 e. The van der Waals surface area contributed by atoms with Gasteiger partial charge in [-0.2, -0.15) is 0 Å². The highest BCUT2D eigenvalue weighted by Gasteiger charge is 2.14. The van der Waals surface area contributed by atoms with Crippen LogP contribution in [0.5, 0.6) is 0 Å². The van der Waals surface area contributed by atoms with Crippen molar-refractivity contribution in [3.05, 3.63) is 33.4 Å². The summed E-state index contributed by atoms with van der Waals surface area (Å²) >= 11 is 3.86. The number of thiophene rings is 1. The van der Waals surface area contributed by atoms with E-state index in [2.05, 4.69) is 30.5 Å². The summed E-state index contributed by atoms with van der Waals surface area (Å²) in [6.07, 6.45) is 3.47. The van der Waals surface area contributed by atoms with Gasteiger partial charge in [-0.25, -0.2) is 0 Å². The van der Waals surface area contributed by atoms with Crippen molar-refractivity contribution >= 4 is 23.1 Å². The Bertz CT molecular complexity index is 265. The fourth-order valence-electron chi connectivity index (χ4n) is 1.19. The Kier molecular flexibility index (Phi) is 2.05. The summed E-state index contributed by atoms with van der Waals surface area (Å²) in [6, 6.07) is 4.46. The van der Waals surface area contributed by atoms with E-state index >= 15 is 0 Å². The van der Waals surface area contributed by atoms with Crippen LogP contribution in [0.3, 0.4) is 0 Å². The molecule has 0 bridgehead atoms. The van der Waals surface area contributed by atoms with Gasteiger partial charge in [0.15, 0.2) is 0 Å². The molecule has 1 atom stereocenters. The lowest BCUT2D eigenvalue weighted by Gasteiger charge is -2.03. The lowest BCUT2D eigenvalue weighted by molar-refractivity contribution is 1.02. The zero-order valence-corrected chi connectivity index (χ0v) is 8.04. The maximum absolute atomic E-state index is 2.25. The Hall–Kier alpha value is -0.210. The molecule has 0 aliphatic carbocycles. The van der Waals surface area contributed by atoms with Gasteiger partial charge in [0.1, 0.15) is 0 Å². The molecule has 0 N–H and O–H groups in total. The summed E-state index contributed by atoms with van der Waals surface area (Å²) in [5, 5.41) is 2.92. The molecule has 0 spiro atoms. The number of hydrogen-bond acceptors (Lipinski definition) is 2. The lowest BCUT2D eigenvalue weighted by atomic mass is 10.2. The Labute approximate surface area is 75.3 Å². The van der Waals surface area contributed by atoms with Crippen LogP contribution in [0.25, 0.3) is 0 Å². The molecule has 1 aromatic heterocycles. The van der Waals surface area contributed by atoms with Gasteiger partial charge in [-0.05, 0) is 30.9 Å². The molecule has 0 saturated carbocycles. The smallest absolute Gasteiger partial charge is 0.0467 e. The Balaban J connectivity index is 2.17.